The SMILES string of the molecule is CCN(CC)CC(c1ccc(C)cc1)N1CCN(C(=O)[C@@H](Cc2ccc(Cl)cc2)NC(=O)[C@H]2CC3C=CC=CC3CN2)CC1. The van der Waals surface area contributed by atoms with Crippen molar-refractivity contribution in [2.24, 2.45) is 11.8 Å². The number of carbonyl (C=O) groups is 2. The Kier molecular flexibility index (Phi) is 11.3. The number of amides is 2. The van der Waals surface area contributed by atoms with E-state index < -0.39 is 6.04 Å². The fraction of sp³-hybridized carbons (Fsp3) is 0.500. The summed E-state index contributed by atoms with van der Waals surface area (Å²) in [4.78, 5) is 34.6. The van der Waals surface area contributed by atoms with Crippen LogP contribution >= 0.6 is 11.6 Å². The van der Waals surface area contributed by atoms with E-state index in [0.717, 1.165) is 51.3 Å². The molecule has 3 aliphatic rings. The highest BCUT2D eigenvalue weighted by molar-refractivity contribution is 6.30. The number of benzene rings is 2. The van der Waals surface area contributed by atoms with Gasteiger partial charge in [0, 0.05) is 56.8 Å². The lowest BCUT2D eigenvalue weighted by atomic mass is 9.80. The number of piperidine rings is 1. The van der Waals surface area contributed by atoms with Gasteiger partial charge in [-0.25, -0.2) is 0 Å². The monoisotopic (exact) mass is 617 g/mol. The fourth-order valence-electron chi connectivity index (χ4n) is 6.76. The van der Waals surface area contributed by atoms with Gasteiger partial charge in [-0.05, 0) is 61.5 Å². The minimum Gasteiger partial charge on any atom is -0.343 e. The molecule has 7 nitrogen and oxygen atoms in total. The second-order valence-corrected chi connectivity index (χ2v) is 12.9. The predicted molar refractivity (Wildman–Crippen MR) is 179 cm³/mol. The first-order chi connectivity index (χ1) is 21.3. The van der Waals surface area contributed by atoms with Crippen LogP contribution in [-0.2, 0) is 16.0 Å². The first kappa shape index (κ1) is 32.4. The molecule has 1 aliphatic carbocycles. The van der Waals surface area contributed by atoms with Crippen molar-refractivity contribution in [2.75, 3.05) is 52.4 Å². The van der Waals surface area contributed by atoms with Crippen molar-refractivity contribution in [3.8, 4) is 0 Å². The van der Waals surface area contributed by atoms with Gasteiger partial charge in [-0.1, -0.05) is 91.7 Å². The van der Waals surface area contributed by atoms with E-state index in [1.807, 2.05) is 29.2 Å². The Balaban J connectivity index is 1.27. The summed E-state index contributed by atoms with van der Waals surface area (Å²) in [6.07, 6.45) is 9.72. The number of carbonyl (C=O) groups excluding carboxylic acids is 2. The Morgan fingerprint density at radius 3 is 2.27 bits per heavy atom. The van der Waals surface area contributed by atoms with Crippen LogP contribution in [0.4, 0.5) is 0 Å². The number of hydrogen-bond acceptors (Lipinski definition) is 5. The molecule has 0 bridgehead atoms. The quantitative estimate of drug-likeness (QED) is 0.385. The minimum absolute atomic E-state index is 0.0160. The van der Waals surface area contributed by atoms with Crippen molar-refractivity contribution in [2.45, 2.75) is 51.7 Å². The molecule has 2 N–H and O–H groups in total. The van der Waals surface area contributed by atoms with Crippen molar-refractivity contribution in [1.29, 1.82) is 0 Å². The zero-order valence-electron chi connectivity index (χ0n) is 26.4. The van der Waals surface area contributed by atoms with E-state index in [1.54, 1.807) is 0 Å². The number of likely N-dealkylation sites (N-methyl/N-ethyl adjacent to an activating group) is 1. The second kappa shape index (κ2) is 15.3. The van der Waals surface area contributed by atoms with Crippen LogP contribution < -0.4 is 10.6 Å². The minimum atomic E-state index is -0.639. The van der Waals surface area contributed by atoms with Crippen molar-refractivity contribution in [3.05, 3.63) is 94.5 Å². The number of fused-ring (bicyclic) bond motifs is 1. The summed E-state index contributed by atoms with van der Waals surface area (Å²) in [5.41, 5.74) is 3.55. The van der Waals surface area contributed by atoms with Crippen molar-refractivity contribution in [1.82, 2.24) is 25.3 Å². The second-order valence-electron chi connectivity index (χ2n) is 12.5. The van der Waals surface area contributed by atoms with E-state index in [9.17, 15) is 9.59 Å². The van der Waals surface area contributed by atoms with E-state index >= 15 is 0 Å². The lowest BCUT2D eigenvalue weighted by Gasteiger charge is -2.42. The zero-order valence-corrected chi connectivity index (χ0v) is 27.2. The highest BCUT2D eigenvalue weighted by Gasteiger charge is 2.36. The molecule has 5 atom stereocenters. The Hall–Kier alpha value is -2.97. The maximum absolute atomic E-state index is 14.1. The highest BCUT2D eigenvalue weighted by Crippen LogP contribution is 2.28. The number of rotatable bonds is 11. The van der Waals surface area contributed by atoms with Gasteiger partial charge in [0.1, 0.15) is 6.04 Å². The Bertz CT molecular complexity index is 1300. The van der Waals surface area contributed by atoms with Crippen LogP contribution in [0.2, 0.25) is 5.02 Å². The Morgan fingerprint density at radius 1 is 0.955 bits per heavy atom. The third kappa shape index (κ3) is 8.19. The maximum atomic E-state index is 14.1. The van der Waals surface area contributed by atoms with Crippen LogP contribution in [0, 0.1) is 18.8 Å². The van der Waals surface area contributed by atoms with Gasteiger partial charge in [-0.3, -0.25) is 14.5 Å². The average Bonchev–Trinajstić information content (AvgIpc) is 3.06. The smallest absolute Gasteiger partial charge is 0.245 e. The molecule has 2 heterocycles. The number of aryl methyl sites for hydroxylation is 1. The number of piperazine rings is 1. The third-order valence-electron chi connectivity index (χ3n) is 9.62. The number of halogens is 1. The van der Waals surface area contributed by atoms with E-state index in [0.29, 0.717) is 36.4 Å². The first-order valence-corrected chi connectivity index (χ1v) is 16.7. The van der Waals surface area contributed by atoms with Crippen LogP contribution in [0.25, 0.3) is 0 Å². The van der Waals surface area contributed by atoms with Crippen LogP contribution in [0.15, 0.2) is 72.8 Å². The summed E-state index contributed by atoms with van der Waals surface area (Å²) in [7, 11) is 0. The summed E-state index contributed by atoms with van der Waals surface area (Å²) in [6, 6.07) is 15.7. The molecule has 2 amide bonds. The van der Waals surface area contributed by atoms with Crippen molar-refractivity contribution in [3.63, 3.8) is 0 Å². The molecule has 0 radical (unpaired) electrons. The van der Waals surface area contributed by atoms with Crippen molar-refractivity contribution >= 4 is 23.4 Å². The average molecular weight is 618 g/mol. The van der Waals surface area contributed by atoms with Gasteiger partial charge in [0.25, 0.3) is 0 Å². The van der Waals surface area contributed by atoms with E-state index in [-0.39, 0.29) is 23.9 Å². The summed E-state index contributed by atoms with van der Waals surface area (Å²) < 4.78 is 0. The summed E-state index contributed by atoms with van der Waals surface area (Å²) >= 11 is 6.14. The van der Waals surface area contributed by atoms with Crippen LogP contribution in [0.3, 0.4) is 0 Å². The van der Waals surface area contributed by atoms with Crippen LogP contribution in [0.1, 0.15) is 43.0 Å². The van der Waals surface area contributed by atoms with Gasteiger partial charge in [0.15, 0.2) is 0 Å². The summed E-state index contributed by atoms with van der Waals surface area (Å²) in [5.74, 6) is 0.638. The van der Waals surface area contributed by atoms with Crippen LogP contribution in [0.5, 0.6) is 0 Å². The van der Waals surface area contributed by atoms with Gasteiger partial charge in [0.05, 0.1) is 6.04 Å². The third-order valence-corrected chi connectivity index (χ3v) is 9.88. The molecule has 2 aromatic carbocycles. The van der Waals surface area contributed by atoms with E-state index in [2.05, 4.69) is 89.8 Å². The van der Waals surface area contributed by atoms with Crippen LogP contribution in [-0.4, -0.2) is 91.0 Å². The Morgan fingerprint density at radius 2 is 1.61 bits per heavy atom. The van der Waals surface area contributed by atoms with Gasteiger partial charge >= 0.3 is 0 Å². The van der Waals surface area contributed by atoms with Gasteiger partial charge in [0.2, 0.25) is 11.8 Å². The Labute approximate surface area is 268 Å². The van der Waals surface area contributed by atoms with Gasteiger partial charge in [-0.2, -0.15) is 0 Å². The molecule has 2 fully saturated rings. The molecular weight excluding hydrogens is 570 g/mol. The topological polar surface area (TPSA) is 67.9 Å². The molecule has 44 heavy (non-hydrogen) atoms. The number of nitrogens with zero attached hydrogens (tertiary/aromatic N) is 3. The molecule has 0 saturated carbocycles. The largest absolute Gasteiger partial charge is 0.343 e. The van der Waals surface area contributed by atoms with Crippen molar-refractivity contribution < 1.29 is 9.59 Å². The molecule has 0 aromatic heterocycles. The molecule has 0 spiro atoms. The summed E-state index contributed by atoms with van der Waals surface area (Å²) in [6.45, 7) is 13.1. The first-order valence-electron chi connectivity index (χ1n) is 16.3. The lowest BCUT2D eigenvalue weighted by molar-refractivity contribution is -0.139. The van der Waals surface area contributed by atoms with Gasteiger partial charge in [-0.15, -0.1) is 0 Å². The number of hydrogen-bond donors (Lipinski definition) is 2. The predicted octanol–water partition coefficient (Wildman–Crippen LogP) is 4.62. The molecule has 5 rings (SSSR count). The normalized spacial score (nSPS) is 23.3. The molecule has 236 valence electrons. The lowest BCUT2D eigenvalue weighted by Crippen LogP contribution is -2.59. The molecule has 3 unspecified atom stereocenters. The standard InChI is InChI=1S/C36H48ClN5O2/c1-4-40(5-2)25-34(28-14-10-26(3)11-15-28)41-18-20-42(21-19-41)36(44)33(22-27-12-16-31(37)17-13-27)39-35(43)32-23-29-8-6-7-9-30(29)24-38-32/h6-17,29-30,32-34,38H,4-5,18-25H2,1-3H3,(H,39,43)/t29?,30?,32-,33-,34?/m1/s1. The molecule has 8 heteroatoms. The fourth-order valence-corrected chi connectivity index (χ4v) is 6.88. The van der Waals surface area contributed by atoms with E-state index in [1.165, 1.54) is 11.1 Å². The molecule has 2 aromatic rings. The number of nitrogens with one attached hydrogen (secondary N) is 2. The molecule has 2 saturated heterocycles. The van der Waals surface area contributed by atoms with E-state index in [4.69, 9.17) is 11.6 Å². The number of allylic oxidation sites excluding steroid dienone is 3. The highest BCUT2D eigenvalue weighted by atomic mass is 35.5. The molecule has 2 aliphatic heterocycles. The van der Waals surface area contributed by atoms with Gasteiger partial charge < -0.3 is 20.4 Å². The molecular formula is C36H48ClN5O2. The summed E-state index contributed by atoms with van der Waals surface area (Å²) in [5, 5.41) is 7.24. The maximum Gasteiger partial charge on any atom is 0.245 e. The zero-order chi connectivity index (χ0) is 31.1.